The number of aromatic nitrogens is 1. The molecule has 1 aromatic heterocycles. The molecule has 2 aromatic rings. The van der Waals surface area contributed by atoms with Crippen LogP contribution in [0.4, 0.5) is 0 Å². The number of nitrogens with one attached hydrogen (secondary N) is 2. The summed E-state index contributed by atoms with van der Waals surface area (Å²) in [6.07, 6.45) is 1.47. The van der Waals surface area contributed by atoms with Crippen molar-refractivity contribution in [1.82, 2.24) is 15.6 Å². The molecule has 0 spiro atoms. The van der Waals surface area contributed by atoms with E-state index in [2.05, 4.69) is 15.6 Å². The fraction of sp³-hybridized carbons (Fsp3) is 0.278. The number of carbonyl (C=O) groups excluding carboxylic acids is 2. The van der Waals surface area contributed by atoms with Crippen molar-refractivity contribution in [2.75, 3.05) is 6.54 Å². The standard InChI is InChI=1S/C18H21N3O2/c1-13(2)11-20-18(23)16-10-15(8-9-19-16)17(22)21-12-14-6-4-3-5-7-14/h3-10,13H,11-12H2,1-2H3,(H,20,23)(H,21,22). The van der Waals surface area contributed by atoms with Gasteiger partial charge in [-0.15, -0.1) is 0 Å². The largest absolute Gasteiger partial charge is 0.350 e. The number of rotatable bonds is 6. The molecule has 0 unspecified atom stereocenters. The highest BCUT2D eigenvalue weighted by Gasteiger charge is 2.11. The highest BCUT2D eigenvalue weighted by molar-refractivity contribution is 5.98. The molecule has 0 radical (unpaired) electrons. The van der Waals surface area contributed by atoms with Crippen LogP contribution >= 0.6 is 0 Å². The Morgan fingerprint density at radius 2 is 1.78 bits per heavy atom. The third kappa shape index (κ3) is 5.21. The number of hydrogen-bond acceptors (Lipinski definition) is 3. The predicted octanol–water partition coefficient (Wildman–Crippen LogP) is 2.40. The summed E-state index contributed by atoms with van der Waals surface area (Å²) in [5, 5.41) is 5.62. The van der Waals surface area contributed by atoms with Crippen molar-refractivity contribution >= 4 is 11.8 Å². The molecular weight excluding hydrogens is 290 g/mol. The van der Waals surface area contributed by atoms with Crippen molar-refractivity contribution in [3.63, 3.8) is 0 Å². The summed E-state index contributed by atoms with van der Waals surface area (Å²) >= 11 is 0. The second-order valence-electron chi connectivity index (χ2n) is 5.70. The van der Waals surface area contributed by atoms with Gasteiger partial charge in [-0.2, -0.15) is 0 Å². The number of nitrogens with zero attached hydrogens (tertiary/aromatic N) is 1. The van der Waals surface area contributed by atoms with Crippen molar-refractivity contribution in [3.05, 3.63) is 65.5 Å². The lowest BCUT2D eigenvalue weighted by molar-refractivity contribution is 0.0944. The van der Waals surface area contributed by atoms with Crippen LogP contribution in [0.2, 0.25) is 0 Å². The number of amides is 2. The zero-order valence-electron chi connectivity index (χ0n) is 13.4. The lowest BCUT2D eigenvalue weighted by Crippen LogP contribution is -2.29. The summed E-state index contributed by atoms with van der Waals surface area (Å²) in [4.78, 5) is 28.2. The van der Waals surface area contributed by atoms with E-state index >= 15 is 0 Å². The fourth-order valence-electron chi connectivity index (χ4n) is 1.96. The zero-order chi connectivity index (χ0) is 16.7. The van der Waals surface area contributed by atoms with Gasteiger partial charge >= 0.3 is 0 Å². The van der Waals surface area contributed by atoms with Gasteiger partial charge in [0.05, 0.1) is 0 Å². The quantitative estimate of drug-likeness (QED) is 0.860. The van der Waals surface area contributed by atoms with E-state index < -0.39 is 0 Å². The molecule has 0 bridgehead atoms. The van der Waals surface area contributed by atoms with Crippen molar-refractivity contribution in [2.45, 2.75) is 20.4 Å². The molecule has 0 saturated carbocycles. The van der Waals surface area contributed by atoms with Gasteiger partial charge in [-0.05, 0) is 23.6 Å². The average molecular weight is 311 g/mol. The molecule has 1 heterocycles. The molecule has 5 nitrogen and oxygen atoms in total. The second-order valence-corrected chi connectivity index (χ2v) is 5.70. The summed E-state index contributed by atoms with van der Waals surface area (Å²) in [5.41, 5.74) is 1.69. The van der Waals surface area contributed by atoms with E-state index in [9.17, 15) is 9.59 Å². The van der Waals surface area contributed by atoms with Crippen LogP contribution in [0.3, 0.4) is 0 Å². The molecule has 0 fully saturated rings. The summed E-state index contributed by atoms with van der Waals surface area (Å²) < 4.78 is 0. The molecule has 0 aliphatic heterocycles. The minimum absolute atomic E-state index is 0.228. The predicted molar refractivity (Wildman–Crippen MR) is 89.0 cm³/mol. The Bertz CT molecular complexity index is 669. The normalized spacial score (nSPS) is 10.4. The maximum atomic E-state index is 12.2. The summed E-state index contributed by atoms with van der Waals surface area (Å²) in [7, 11) is 0. The Balaban J connectivity index is 1.98. The molecule has 0 aliphatic rings. The molecule has 23 heavy (non-hydrogen) atoms. The first-order valence-electron chi connectivity index (χ1n) is 7.62. The Hall–Kier alpha value is -2.69. The van der Waals surface area contributed by atoms with Crippen molar-refractivity contribution in [3.8, 4) is 0 Å². The molecule has 2 N–H and O–H groups in total. The molecule has 1 aromatic carbocycles. The highest BCUT2D eigenvalue weighted by atomic mass is 16.2. The Morgan fingerprint density at radius 3 is 2.48 bits per heavy atom. The Morgan fingerprint density at radius 1 is 1.04 bits per heavy atom. The van der Waals surface area contributed by atoms with Gasteiger partial charge in [0, 0.05) is 24.8 Å². The van der Waals surface area contributed by atoms with E-state index in [1.165, 1.54) is 12.3 Å². The first-order chi connectivity index (χ1) is 11.1. The molecule has 0 aliphatic carbocycles. The summed E-state index contributed by atoms with van der Waals surface area (Å²) in [5.74, 6) is -0.137. The minimum Gasteiger partial charge on any atom is -0.350 e. The molecular formula is C18H21N3O2. The summed E-state index contributed by atoms with van der Waals surface area (Å²) in [6.45, 7) is 5.05. The van der Waals surface area contributed by atoms with Crippen LogP contribution < -0.4 is 10.6 Å². The van der Waals surface area contributed by atoms with E-state index in [1.54, 1.807) is 6.07 Å². The number of pyridine rings is 1. The smallest absolute Gasteiger partial charge is 0.269 e. The number of hydrogen-bond donors (Lipinski definition) is 2. The van der Waals surface area contributed by atoms with Crippen molar-refractivity contribution in [2.24, 2.45) is 5.92 Å². The van der Waals surface area contributed by atoms with E-state index in [1.807, 2.05) is 44.2 Å². The number of carbonyl (C=O) groups is 2. The van der Waals surface area contributed by atoms with Crippen LogP contribution in [0.15, 0.2) is 48.7 Å². The molecule has 2 amide bonds. The van der Waals surface area contributed by atoms with Crippen LogP contribution in [0.5, 0.6) is 0 Å². The Kier molecular flexibility index (Phi) is 5.86. The monoisotopic (exact) mass is 311 g/mol. The van der Waals surface area contributed by atoms with Crippen LogP contribution in [0.25, 0.3) is 0 Å². The van der Waals surface area contributed by atoms with E-state index in [-0.39, 0.29) is 17.5 Å². The van der Waals surface area contributed by atoms with Crippen molar-refractivity contribution < 1.29 is 9.59 Å². The topological polar surface area (TPSA) is 71.1 Å². The first kappa shape index (κ1) is 16.7. The van der Waals surface area contributed by atoms with Crippen LogP contribution in [0, 0.1) is 5.92 Å². The van der Waals surface area contributed by atoms with Gasteiger partial charge < -0.3 is 10.6 Å². The van der Waals surface area contributed by atoms with E-state index in [4.69, 9.17) is 0 Å². The summed E-state index contributed by atoms with van der Waals surface area (Å²) in [6, 6.07) is 12.8. The fourth-order valence-corrected chi connectivity index (χ4v) is 1.96. The van der Waals surface area contributed by atoms with Gasteiger partial charge in [-0.1, -0.05) is 44.2 Å². The van der Waals surface area contributed by atoms with Gasteiger partial charge in [-0.25, -0.2) is 0 Å². The third-order valence-corrected chi connectivity index (χ3v) is 3.22. The average Bonchev–Trinajstić information content (AvgIpc) is 2.58. The molecule has 0 atom stereocenters. The van der Waals surface area contributed by atoms with Gasteiger partial charge in [0.15, 0.2) is 0 Å². The first-order valence-corrected chi connectivity index (χ1v) is 7.62. The molecule has 120 valence electrons. The van der Waals surface area contributed by atoms with E-state index in [0.29, 0.717) is 24.6 Å². The Labute approximate surface area is 136 Å². The van der Waals surface area contributed by atoms with Crippen LogP contribution in [-0.2, 0) is 6.54 Å². The highest BCUT2D eigenvalue weighted by Crippen LogP contribution is 2.04. The van der Waals surface area contributed by atoms with Gasteiger partial charge in [-0.3, -0.25) is 14.6 Å². The maximum absolute atomic E-state index is 12.2. The SMILES string of the molecule is CC(C)CNC(=O)c1cc(C(=O)NCc2ccccc2)ccn1. The lowest BCUT2D eigenvalue weighted by atomic mass is 10.2. The molecule has 5 heteroatoms. The number of benzene rings is 1. The second kappa shape index (κ2) is 8.08. The van der Waals surface area contributed by atoms with Crippen molar-refractivity contribution in [1.29, 1.82) is 0 Å². The maximum Gasteiger partial charge on any atom is 0.269 e. The van der Waals surface area contributed by atoms with Gasteiger partial charge in [0.1, 0.15) is 5.69 Å². The van der Waals surface area contributed by atoms with E-state index in [0.717, 1.165) is 5.56 Å². The minimum atomic E-state index is -0.267. The molecule has 2 rings (SSSR count). The molecule has 0 saturated heterocycles. The zero-order valence-corrected chi connectivity index (χ0v) is 13.4. The lowest BCUT2D eigenvalue weighted by Gasteiger charge is -2.08. The van der Waals surface area contributed by atoms with Gasteiger partial charge in [0.25, 0.3) is 11.8 Å². The van der Waals surface area contributed by atoms with Gasteiger partial charge in [0.2, 0.25) is 0 Å². The van der Waals surface area contributed by atoms with Crippen LogP contribution in [-0.4, -0.2) is 23.3 Å². The van der Waals surface area contributed by atoms with Crippen LogP contribution in [0.1, 0.15) is 40.3 Å². The third-order valence-electron chi connectivity index (χ3n) is 3.22.